The smallest absolute Gasteiger partial charge is 0.323 e. The first-order valence-corrected chi connectivity index (χ1v) is 10.5. The largest absolute Gasteiger partial charge is 0.497 e. The fraction of sp³-hybridized carbons (Fsp3) is 0.550. The lowest BCUT2D eigenvalue weighted by Gasteiger charge is -2.26. The quantitative estimate of drug-likeness (QED) is 0.480. The van der Waals surface area contributed by atoms with E-state index in [0.29, 0.717) is 0 Å². The molecule has 2 atom stereocenters. The van der Waals surface area contributed by atoms with Gasteiger partial charge in [-0.15, -0.1) is 0 Å². The Morgan fingerprint density at radius 3 is 2.50 bits per heavy atom. The maximum absolute atomic E-state index is 12.2. The van der Waals surface area contributed by atoms with Crippen molar-refractivity contribution in [2.24, 2.45) is 5.92 Å². The molecule has 1 N–H and O–H groups in total. The highest BCUT2D eigenvalue weighted by Crippen LogP contribution is 2.41. The number of methoxy groups -OCH3 is 2. The van der Waals surface area contributed by atoms with Crippen LogP contribution in [-0.4, -0.2) is 63.2 Å². The Bertz CT molecular complexity index is 791. The zero-order chi connectivity index (χ0) is 20.8. The lowest BCUT2D eigenvalue weighted by Crippen LogP contribution is -2.40. The van der Waals surface area contributed by atoms with E-state index in [2.05, 4.69) is 40.7 Å². The number of likely N-dealkylation sites (N-methyl/N-ethyl adjacent to an activating group) is 1. The summed E-state index contributed by atoms with van der Waals surface area (Å²) in [7, 11) is 7.59. The van der Waals surface area contributed by atoms with E-state index in [1.54, 1.807) is 14.2 Å². The van der Waals surface area contributed by atoms with E-state index < -0.39 is 14.5 Å². The maximum atomic E-state index is 12.2. The Morgan fingerprint density at radius 1 is 1.25 bits per heavy atom. The third-order valence-corrected chi connectivity index (χ3v) is 6.21. The minimum atomic E-state index is -1.27. The van der Waals surface area contributed by atoms with Crippen LogP contribution in [0.4, 0.5) is 0 Å². The molecule has 8 heteroatoms. The van der Waals surface area contributed by atoms with Crippen LogP contribution in [0.5, 0.6) is 5.75 Å². The molecule has 156 valence electrons. The van der Waals surface area contributed by atoms with Gasteiger partial charge in [0.1, 0.15) is 11.8 Å². The van der Waals surface area contributed by atoms with Crippen molar-refractivity contribution in [2.75, 3.05) is 42.0 Å². The minimum Gasteiger partial charge on any atom is -0.497 e. The van der Waals surface area contributed by atoms with E-state index in [1.165, 1.54) is 12.7 Å². The summed E-state index contributed by atoms with van der Waals surface area (Å²) in [5.41, 5.74) is 2.26. The van der Waals surface area contributed by atoms with E-state index in [-0.39, 0.29) is 11.9 Å². The summed E-state index contributed by atoms with van der Waals surface area (Å²) in [5.74, 6) is 0.605. The van der Waals surface area contributed by atoms with Gasteiger partial charge in [-0.3, -0.25) is 9.13 Å². The maximum Gasteiger partial charge on any atom is 0.323 e. The van der Waals surface area contributed by atoms with E-state index in [0.717, 1.165) is 29.6 Å². The Morgan fingerprint density at radius 2 is 1.96 bits per heavy atom. The molecule has 0 saturated heterocycles. The molecule has 2 unspecified atom stereocenters. The minimum absolute atomic E-state index is 0.0720. The number of carbonyl (C=O) groups is 1. The number of nitrogens with zero attached hydrogens (tertiary/aromatic N) is 2. The van der Waals surface area contributed by atoms with Crippen molar-refractivity contribution in [3.05, 3.63) is 30.0 Å². The number of benzene rings is 1. The topological polar surface area (TPSA) is 65.0 Å². The lowest BCUT2D eigenvalue weighted by atomic mass is 10.1. The predicted octanol–water partition coefficient (Wildman–Crippen LogP) is 3.26. The summed E-state index contributed by atoms with van der Waals surface area (Å²) in [4.78, 5) is 14.4. The lowest BCUT2D eigenvalue weighted by molar-refractivity contribution is -0.143. The Balaban J connectivity index is 2.46. The second-order valence-electron chi connectivity index (χ2n) is 7.26. The van der Waals surface area contributed by atoms with E-state index in [4.69, 9.17) is 14.0 Å². The van der Waals surface area contributed by atoms with Gasteiger partial charge in [0, 0.05) is 25.2 Å². The van der Waals surface area contributed by atoms with Gasteiger partial charge < -0.3 is 18.9 Å². The second-order valence-corrected chi connectivity index (χ2v) is 8.86. The molecular formula is C20H32N3O4P. The number of hydrogen-bond donors (Lipinski definition) is 1. The van der Waals surface area contributed by atoms with Crippen LogP contribution in [0.15, 0.2) is 24.4 Å². The summed E-state index contributed by atoms with van der Waals surface area (Å²) in [6, 6.07) is 5.58. The van der Waals surface area contributed by atoms with Gasteiger partial charge in [-0.2, -0.15) is 0 Å². The Labute approximate surface area is 168 Å². The van der Waals surface area contributed by atoms with Crippen molar-refractivity contribution in [1.82, 2.24) is 14.3 Å². The van der Waals surface area contributed by atoms with Crippen LogP contribution in [0.2, 0.25) is 0 Å². The summed E-state index contributed by atoms with van der Waals surface area (Å²) in [6.45, 7) is 4.91. The van der Waals surface area contributed by atoms with Crippen LogP contribution >= 0.6 is 8.45 Å². The number of fused-ring (bicyclic) bond motifs is 1. The number of ether oxygens (including phenoxy) is 2. The van der Waals surface area contributed by atoms with Crippen molar-refractivity contribution >= 4 is 25.3 Å². The highest BCUT2D eigenvalue weighted by molar-refractivity contribution is 7.49. The van der Waals surface area contributed by atoms with Crippen LogP contribution in [0.1, 0.15) is 19.4 Å². The zero-order valence-corrected chi connectivity index (χ0v) is 18.7. The number of aromatic nitrogens is 1. The summed E-state index contributed by atoms with van der Waals surface area (Å²) in [6.07, 6.45) is 3.02. The number of rotatable bonds is 10. The average molecular weight is 409 g/mol. The highest BCUT2D eigenvalue weighted by atomic mass is 31.2. The molecule has 7 nitrogen and oxygen atoms in total. The molecule has 0 aliphatic carbocycles. The first kappa shape index (κ1) is 22.6. The Hall–Kier alpha value is -1.66. The molecule has 0 fully saturated rings. The summed E-state index contributed by atoms with van der Waals surface area (Å²) >= 11 is 0. The molecule has 1 aromatic carbocycles. The van der Waals surface area contributed by atoms with Crippen LogP contribution < -0.4 is 9.82 Å². The van der Waals surface area contributed by atoms with Gasteiger partial charge in [-0.1, -0.05) is 13.8 Å². The van der Waals surface area contributed by atoms with Crippen molar-refractivity contribution in [3.63, 3.8) is 0 Å². The molecule has 0 radical (unpaired) electrons. The average Bonchev–Trinajstić information content (AvgIpc) is 3.04. The summed E-state index contributed by atoms with van der Waals surface area (Å²) < 4.78 is 18.3. The molecule has 0 amide bonds. The van der Waals surface area contributed by atoms with Crippen LogP contribution in [-0.2, 0) is 20.5 Å². The summed E-state index contributed by atoms with van der Waals surface area (Å²) in [5, 5.41) is 4.49. The normalized spacial score (nSPS) is 13.9. The van der Waals surface area contributed by atoms with Gasteiger partial charge >= 0.3 is 5.97 Å². The first-order valence-electron chi connectivity index (χ1n) is 9.33. The van der Waals surface area contributed by atoms with Gasteiger partial charge in [-0.25, -0.2) is 5.09 Å². The third kappa shape index (κ3) is 5.23. The predicted molar refractivity (Wildman–Crippen MR) is 114 cm³/mol. The van der Waals surface area contributed by atoms with E-state index in [9.17, 15) is 4.79 Å². The van der Waals surface area contributed by atoms with Crippen LogP contribution in [0.25, 0.3) is 10.9 Å². The highest BCUT2D eigenvalue weighted by Gasteiger charge is 2.28. The number of esters is 1. The number of hydrogen-bond acceptors (Lipinski definition) is 6. The molecule has 0 aliphatic heterocycles. The molecule has 2 aromatic rings. The van der Waals surface area contributed by atoms with Crippen molar-refractivity contribution in [1.29, 1.82) is 0 Å². The molecule has 0 aliphatic rings. The van der Waals surface area contributed by atoms with Gasteiger partial charge in [0.15, 0.2) is 0 Å². The van der Waals surface area contributed by atoms with E-state index in [1.807, 2.05) is 26.0 Å². The van der Waals surface area contributed by atoms with Gasteiger partial charge in [0.2, 0.25) is 8.45 Å². The molecular weight excluding hydrogens is 377 g/mol. The van der Waals surface area contributed by atoms with Gasteiger partial charge in [0.05, 0.1) is 19.7 Å². The Kier molecular flexibility index (Phi) is 8.25. The standard InChI is InChI=1S/C20H32N3O4P/c1-14(2)19(20(24)26-6)21-28(27-7)23-13-15(10-11-22(3)4)17-12-16(25-5)8-9-18(17)23/h8-9,12-14,19,21H,10-11H2,1-7H3. The zero-order valence-electron chi connectivity index (χ0n) is 17.9. The molecule has 0 bridgehead atoms. The third-order valence-electron chi connectivity index (χ3n) is 4.64. The molecule has 2 rings (SSSR count). The fourth-order valence-electron chi connectivity index (χ4n) is 3.00. The van der Waals surface area contributed by atoms with Gasteiger partial charge in [0.25, 0.3) is 0 Å². The number of carbonyl (C=O) groups excluding carboxylic acids is 1. The van der Waals surface area contributed by atoms with Crippen LogP contribution in [0.3, 0.4) is 0 Å². The molecule has 0 saturated carbocycles. The molecule has 1 aromatic heterocycles. The first-order chi connectivity index (χ1) is 13.3. The number of nitrogens with one attached hydrogen (secondary N) is 1. The van der Waals surface area contributed by atoms with Crippen LogP contribution in [0, 0.1) is 5.92 Å². The fourth-order valence-corrected chi connectivity index (χ4v) is 4.66. The van der Waals surface area contributed by atoms with Crippen molar-refractivity contribution in [3.8, 4) is 5.75 Å². The molecule has 28 heavy (non-hydrogen) atoms. The molecule has 1 heterocycles. The molecule has 0 spiro atoms. The van der Waals surface area contributed by atoms with Crippen molar-refractivity contribution < 1.29 is 18.8 Å². The monoisotopic (exact) mass is 409 g/mol. The second kappa shape index (κ2) is 10.2. The van der Waals surface area contributed by atoms with E-state index >= 15 is 0 Å². The van der Waals surface area contributed by atoms with Gasteiger partial charge in [-0.05, 0) is 50.2 Å². The van der Waals surface area contributed by atoms with Crippen molar-refractivity contribution in [2.45, 2.75) is 26.3 Å². The SMILES string of the molecule is COC(=O)C(NP(OC)n1cc(CCN(C)C)c2cc(OC)ccc21)C(C)C.